The second-order valence-corrected chi connectivity index (χ2v) is 3.25. The van der Waals surface area contributed by atoms with Gasteiger partial charge < -0.3 is 4.74 Å². The number of hydrogen-bond donors (Lipinski definition) is 0. The summed E-state index contributed by atoms with van der Waals surface area (Å²) < 4.78 is 4.48. The van der Waals surface area contributed by atoms with E-state index in [1.54, 1.807) is 0 Å². The van der Waals surface area contributed by atoms with E-state index < -0.39 is 0 Å². The lowest BCUT2D eigenvalue weighted by molar-refractivity contribution is -0.134. The maximum atomic E-state index is 10.8. The van der Waals surface area contributed by atoms with Crippen LogP contribution in [0.2, 0.25) is 0 Å². The highest BCUT2D eigenvalue weighted by Crippen LogP contribution is 2.05. The smallest absolute Gasteiger partial charge is 0.338 e. The first-order chi connectivity index (χ1) is 7.22. The maximum absolute atomic E-state index is 10.8. The molecule has 0 aliphatic rings. The third-order valence-electron chi connectivity index (χ3n) is 1.95. The second kappa shape index (κ2) is 5.84. The second-order valence-electron chi connectivity index (χ2n) is 3.25. The number of carbonyl (C=O) groups is 1. The zero-order chi connectivity index (χ0) is 11.1. The molecule has 0 radical (unpaired) electrons. The van der Waals surface area contributed by atoms with Crippen molar-refractivity contribution < 1.29 is 9.53 Å². The normalized spacial score (nSPS) is 8.93. The van der Waals surface area contributed by atoms with Gasteiger partial charge in [0.25, 0.3) is 0 Å². The molecule has 0 aliphatic carbocycles. The lowest BCUT2D eigenvalue weighted by Gasteiger charge is -1.97. The molecule has 15 heavy (non-hydrogen) atoms. The highest BCUT2D eigenvalue weighted by Gasteiger charge is 1.93. The zero-order valence-electron chi connectivity index (χ0n) is 8.99. The van der Waals surface area contributed by atoms with Crippen LogP contribution in [0.3, 0.4) is 0 Å². The Labute approximate surface area is 89.9 Å². The summed E-state index contributed by atoms with van der Waals surface area (Å²) in [5.41, 5.74) is 5.11. The topological polar surface area (TPSA) is 26.3 Å². The van der Waals surface area contributed by atoms with Crippen LogP contribution in [-0.4, -0.2) is 13.1 Å². The fraction of sp³-hybridized carbons (Fsp3) is 0.231. The quantitative estimate of drug-likeness (QED) is 0.427. The van der Waals surface area contributed by atoms with Crippen LogP contribution in [0.15, 0.2) is 47.7 Å². The van der Waals surface area contributed by atoms with Gasteiger partial charge in [-0.3, -0.25) is 0 Å². The first-order valence-corrected chi connectivity index (χ1v) is 4.76. The fourth-order valence-corrected chi connectivity index (χ4v) is 1.19. The number of benzene rings is 1. The Morgan fingerprint density at radius 1 is 1.40 bits per heavy atom. The number of ether oxygens (including phenoxy) is 1. The summed E-state index contributed by atoms with van der Waals surface area (Å²) in [6.45, 7) is 1.94. The van der Waals surface area contributed by atoms with Gasteiger partial charge in [-0.15, -0.1) is 5.73 Å². The van der Waals surface area contributed by atoms with E-state index >= 15 is 0 Å². The van der Waals surface area contributed by atoms with Crippen LogP contribution in [0.5, 0.6) is 0 Å². The summed E-state index contributed by atoms with van der Waals surface area (Å²) in [6, 6.07) is 10.1. The predicted molar refractivity (Wildman–Crippen MR) is 59.4 cm³/mol. The van der Waals surface area contributed by atoms with Crippen molar-refractivity contribution in [1.29, 1.82) is 0 Å². The molecule has 1 aromatic rings. The molecule has 0 atom stereocenters. The molecule has 0 bridgehead atoms. The van der Waals surface area contributed by atoms with Gasteiger partial charge in [-0.25, -0.2) is 4.79 Å². The van der Waals surface area contributed by atoms with E-state index in [1.165, 1.54) is 18.7 Å². The Morgan fingerprint density at radius 2 is 2.07 bits per heavy atom. The van der Waals surface area contributed by atoms with Crippen molar-refractivity contribution in [2.75, 3.05) is 7.11 Å². The van der Waals surface area contributed by atoms with Crippen LogP contribution in [0.25, 0.3) is 0 Å². The lowest BCUT2D eigenvalue weighted by atomic mass is 10.1. The number of rotatable bonds is 3. The Morgan fingerprint density at radius 3 is 2.67 bits per heavy atom. The molecular formula is C13H14O2. The highest BCUT2D eigenvalue weighted by atomic mass is 16.5. The van der Waals surface area contributed by atoms with E-state index in [-0.39, 0.29) is 5.97 Å². The summed E-state index contributed by atoms with van der Waals surface area (Å²) in [4.78, 5) is 10.8. The van der Waals surface area contributed by atoms with Crippen molar-refractivity contribution in [2.24, 2.45) is 0 Å². The first-order valence-electron chi connectivity index (χ1n) is 4.76. The monoisotopic (exact) mass is 202 g/mol. The minimum atomic E-state index is -0.373. The minimum absolute atomic E-state index is 0.373. The molecule has 0 saturated heterocycles. The third kappa shape index (κ3) is 4.30. The van der Waals surface area contributed by atoms with Crippen LogP contribution < -0.4 is 0 Å². The molecule has 2 nitrogen and oxygen atoms in total. The summed E-state index contributed by atoms with van der Waals surface area (Å²) in [5.74, 6) is -0.373. The van der Waals surface area contributed by atoms with Gasteiger partial charge in [0.05, 0.1) is 13.2 Å². The van der Waals surface area contributed by atoms with Crippen molar-refractivity contribution >= 4 is 5.97 Å². The molecule has 0 aliphatic heterocycles. The molecule has 78 valence electrons. The largest absolute Gasteiger partial charge is 0.465 e. The van der Waals surface area contributed by atoms with Crippen molar-refractivity contribution in [3.05, 3.63) is 53.3 Å². The average molecular weight is 202 g/mol. The van der Waals surface area contributed by atoms with Crippen LogP contribution in [0.4, 0.5) is 0 Å². The van der Waals surface area contributed by atoms with E-state index in [9.17, 15) is 4.79 Å². The molecule has 0 amide bonds. The standard InChI is InChI=1S/C13H14O2/c1-11(8-9-13(14)15-2)10-12-6-4-3-5-7-12/h3-7,9H,10H2,1-2H3. The summed E-state index contributed by atoms with van der Waals surface area (Å²) in [7, 11) is 1.35. The summed E-state index contributed by atoms with van der Waals surface area (Å²) in [5, 5.41) is 0. The molecule has 0 saturated carbocycles. The lowest BCUT2D eigenvalue weighted by Crippen LogP contribution is -1.93. The van der Waals surface area contributed by atoms with Gasteiger partial charge in [0.2, 0.25) is 0 Å². The summed E-state index contributed by atoms with van der Waals surface area (Å²) in [6.07, 6.45) is 2.12. The molecule has 0 aromatic heterocycles. The number of carbonyl (C=O) groups excluding carboxylic acids is 1. The van der Waals surface area contributed by atoms with Crippen molar-refractivity contribution in [2.45, 2.75) is 13.3 Å². The SMILES string of the molecule is COC(=O)C=C=C(C)Cc1ccccc1. The van der Waals surface area contributed by atoms with Gasteiger partial charge in [-0.2, -0.15) is 0 Å². The number of methoxy groups -OCH3 is 1. The van der Waals surface area contributed by atoms with Crippen molar-refractivity contribution in [1.82, 2.24) is 0 Å². The molecule has 0 heterocycles. The van der Waals surface area contributed by atoms with Gasteiger partial charge in [0.15, 0.2) is 0 Å². The molecule has 1 rings (SSSR count). The van der Waals surface area contributed by atoms with Gasteiger partial charge >= 0.3 is 5.97 Å². The zero-order valence-corrected chi connectivity index (χ0v) is 8.99. The Bertz CT molecular complexity index is 384. The highest BCUT2D eigenvalue weighted by molar-refractivity contribution is 5.81. The molecule has 0 unspecified atom stereocenters. The van der Waals surface area contributed by atoms with Crippen LogP contribution >= 0.6 is 0 Å². The Kier molecular flexibility index (Phi) is 4.39. The van der Waals surface area contributed by atoms with Gasteiger partial charge in [-0.05, 0) is 18.1 Å². The average Bonchev–Trinajstić information content (AvgIpc) is 2.27. The number of esters is 1. The van der Waals surface area contributed by atoms with E-state index in [4.69, 9.17) is 0 Å². The van der Waals surface area contributed by atoms with E-state index in [1.807, 2.05) is 37.3 Å². The van der Waals surface area contributed by atoms with Crippen LogP contribution in [0.1, 0.15) is 12.5 Å². The molecule has 2 heteroatoms. The van der Waals surface area contributed by atoms with E-state index in [2.05, 4.69) is 10.5 Å². The number of hydrogen-bond acceptors (Lipinski definition) is 2. The molecule has 0 spiro atoms. The minimum Gasteiger partial charge on any atom is -0.465 e. The Balaban J connectivity index is 2.67. The molecule has 0 fully saturated rings. The Hall–Kier alpha value is -1.79. The van der Waals surface area contributed by atoms with Crippen molar-refractivity contribution in [3.63, 3.8) is 0 Å². The maximum Gasteiger partial charge on any atom is 0.338 e. The van der Waals surface area contributed by atoms with Crippen LogP contribution in [-0.2, 0) is 16.0 Å². The fourth-order valence-electron chi connectivity index (χ4n) is 1.19. The van der Waals surface area contributed by atoms with Gasteiger partial charge in [0, 0.05) is 6.42 Å². The molecule has 1 aromatic carbocycles. The van der Waals surface area contributed by atoms with Gasteiger partial charge in [-0.1, -0.05) is 30.3 Å². The van der Waals surface area contributed by atoms with Crippen LogP contribution in [0, 0.1) is 0 Å². The van der Waals surface area contributed by atoms with E-state index in [0.29, 0.717) is 0 Å². The van der Waals surface area contributed by atoms with Gasteiger partial charge in [0.1, 0.15) is 0 Å². The summed E-state index contributed by atoms with van der Waals surface area (Å²) >= 11 is 0. The predicted octanol–water partition coefficient (Wildman–Crippen LogP) is 2.50. The van der Waals surface area contributed by atoms with Crippen molar-refractivity contribution in [3.8, 4) is 0 Å². The van der Waals surface area contributed by atoms with E-state index in [0.717, 1.165) is 12.0 Å². The first kappa shape index (κ1) is 11.3. The molecular weight excluding hydrogens is 188 g/mol. The molecule has 0 N–H and O–H groups in total. The third-order valence-corrected chi connectivity index (χ3v) is 1.95.